The van der Waals surface area contributed by atoms with Gasteiger partial charge in [0.1, 0.15) is 9.84 Å². The fourth-order valence-electron chi connectivity index (χ4n) is 2.62. The molecule has 0 bridgehead atoms. The zero-order valence-electron chi connectivity index (χ0n) is 12.0. The third-order valence-electron chi connectivity index (χ3n) is 3.82. The van der Waals surface area contributed by atoms with Gasteiger partial charge in [0.2, 0.25) is 0 Å². The Labute approximate surface area is 112 Å². The van der Waals surface area contributed by atoms with Gasteiger partial charge in [-0.3, -0.25) is 0 Å². The summed E-state index contributed by atoms with van der Waals surface area (Å²) >= 11 is 0. The molecule has 0 heterocycles. The van der Waals surface area contributed by atoms with E-state index in [4.69, 9.17) is 0 Å². The molecule has 0 amide bonds. The fourth-order valence-corrected chi connectivity index (χ4v) is 3.14. The lowest BCUT2D eigenvalue weighted by atomic mass is 9.86. The number of likely N-dealkylation sites (N-methyl/N-ethyl adjacent to an activating group) is 1. The van der Waals surface area contributed by atoms with Crippen molar-refractivity contribution in [1.82, 2.24) is 10.2 Å². The molecule has 1 saturated carbocycles. The summed E-state index contributed by atoms with van der Waals surface area (Å²) in [5.74, 6) is 1.08. The van der Waals surface area contributed by atoms with Crippen molar-refractivity contribution in [2.45, 2.75) is 38.6 Å². The quantitative estimate of drug-likeness (QED) is 0.708. The number of hydrogen-bond acceptors (Lipinski definition) is 4. The summed E-state index contributed by atoms with van der Waals surface area (Å²) in [7, 11) is -0.647. The minimum Gasteiger partial charge on any atom is -0.314 e. The zero-order valence-corrected chi connectivity index (χ0v) is 12.8. The lowest BCUT2D eigenvalue weighted by Crippen LogP contribution is -2.40. The highest BCUT2D eigenvalue weighted by atomic mass is 32.2. The van der Waals surface area contributed by atoms with Crippen molar-refractivity contribution in [3.05, 3.63) is 0 Å². The predicted molar refractivity (Wildman–Crippen MR) is 76.6 cm³/mol. The Morgan fingerprint density at radius 3 is 2.61 bits per heavy atom. The molecule has 1 aliphatic carbocycles. The van der Waals surface area contributed by atoms with E-state index in [0.717, 1.165) is 19.0 Å². The second-order valence-electron chi connectivity index (χ2n) is 5.79. The van der Waals surface area contributed by atoms with Crippen LogP contribution in [-0.4, -0.2) is 58.1 Å². The topological polar surface area (TPSA) is 49.4 Å². The molecule has 18 heavy (non-hydrogen) atoms. The molecule has 108 valence electrons. The number of hydrogen-bond donors (Lipinski definition) is 1. The standard InChI is InChI=1S/C13H28N2O2S/c1-12-5-4-6-13(11-12)15(2)9-7-14-8-10-18(3,16)17/h12-14H,4-11H2,1-3H3. The minimum atomic E-state index is -2.83. The highest BCUT2D eigenvalue weighted by Gasteiger charge is 2.21. The van der Waals surface area contributed by atoms with Crippen LogP contribution in [0.15, 0.2) is 0 Å². The number of nitrogens with one attached hydrogen (secondary N) is 1. The predicted octanol–water partition coefficient (Wildman–Crippen LogP) is 1.13. The van der Waals surface area contributed by atoms with Crippen molar-refractivity contribution in [1.29, 1.82) is 0 Å². The summed E-state index contributed by atoms with van der Waals surface area (Å²) in [5.41, 5.74) is 0. The third-order valence-corrected chi connectivity index (χ3v) is 4.77. The largest absolute Gasteiger partial charge is 0.314 e. The van der Waals surface area contributed by atoms with Gasteiger partial charge in [0.15, 0.2) is 0 Å². The first-order valence-corrected chi connectivity index (χ1v) is 9.03. The average molecular weight is 276 g/mol. The van der Waals surface area contributed by atoms with Gasteiger partial charge < -0.3 is 10.2 Å². The first-order valence-electron chi connectivity index (χ1n) is 6.97. The molecule has 0 spiro atoms. The van der Waals surface area contributed by atoms with Gasteiger partial charge in [-0.05, 0) is 25.8 Å². The van der Waals surface area contributed by atoms with Crippen molar-refractivity contribution in [2.24, 2.45) is 5.92 Å². The highest BCUT2D eigenvalue weighted by Crippen LogP contribution is 2.26. The highest BCUT2D eigenvalue weighted by molar-refractivity contribution is 7.90. The Morgan fingerprint density at radius 1 is 1.28 bits per heavy atom. The van der Waals surface area contributed by atoms with E-state index in [9.17, 15) is 8.42 Å². The molecule has 4 nitrogen and oxygen atoms in total. The first kappa shape index (κ1) is 15.9. The van der Waals surface area contributed by atoms with E-state index < -0.39 is 9.84 Å². The van der Waals surface area contributed by atoms with E-state index in [-0.39, 0.29) is 5.75 Å². The summed E-state index contributed by atoms with van der Waals surface area (Å²) in [5, 5.41) is 3.20. The van der Waals surface area contributed by atoms with E-state index in [1.54, 1.807) is 0 Å². The maximum absolute atomic E-state index is 11.0. The smallest absolute Gasteiger partial charge is 0.148 e. The van der Waals surface area contributed by atoms with Gasteiger partial charge >= 0.3 is 0 Å². The molecule has 1 N–H and O–H groups in total. The van der Waals surface area contributed by atoms with E-state index in [2.05, 4.69) is 24.2 Å². The van der Waals surface area contributed by atoms with Gasteiger partial charge in [0, 0.05) is 31.9 Å². The van der Waals surface area contributed by atoms with Crippen LogP contribution in [0.4, 0.5) is 0 Å². The maximum atomic E-state index is 11.0. The second-order valence-corrected chi connectivity index (χ2v) is 8.05. The van der Waals surface area contributed by atoms with Crippen LogP contribution in [0.25, 0.3) is 0 Å². The molecule has 0 saturated heterocycles. The number of sulfone groups is 1. The Balaban J connectivity index is 2.11. The summed E-state index contributed by atoms with van der Waals surface area (Å²) in [4.78, 5) is 2.42. The van der Waals surface area contributed by atoms with Gasteiger partial charge in [0.25, 0.3) is 0 Å². The molecule has 0 radical (unpaired) electrons. The van der Waals surface area contributed by atoms with Crippen LogP contribution in [0.1, 0.15) is 32.6 Å². The van der Waals surface area contributed by atoms with Crippen LogP contribution in [0, 0.1) is 5.92 Å². The van der Waals surface area contributed by atoms with Crippen LogP contribution < -0.4 is 5.32 Å². The molecule has 2 atom stereocenters. The lowest BCUT2D eigenvalue weighted by Gasteiger charge is -2.34. The van der Waals surface area contributed by atoms with Gasteiger partial charge in [-0.15, -0.1) is 0 Å². The summed E-state index contributed by atoms with van der Waals surface area (Å²) in [6, 6.07) is 0.713. The molecular weight excluding hydrogens is 248 g/mol. The van der Waals surface area contributed by atoms with Crippen LogP contribution in [0.2, 0.25) is 0 Å². The SMILES string of the molecule is CC1CCCC(N(C)CCNCCS(C)(=O)=O)C1. The van der Waals surface area contributed by atoms with Crippen LogP contribution in [-0.2, 0) is 9.84 Å². The Morgan fingerprint density at radius 2 is 2.00 bits per heavy atom. The van der Waals surface area contributed by atoms with Crippen LogP contribution >= 0.6 is 0 Å². The first-order chi connectivity index (χ1) is 8.38. The van der Waals surface area contributed by atoms with Gasteiger partial charge in [-0.2, -0.15) is 0 Å². The number of rotatable bonds is 7. The van der Waals surface area contributed by atoms with Crippen molar-refractivity contribution in [2.75, 3.05) is 38.7 Å². The molecule has 1 fully saturated rings. The van der Waals surface area contributed by atoms with E-state index in [1.807, 2.05) is 0 Å². The van der Waals surface area contributed by atoms with Gasteiger partial charge in [-0.1, -0.05) is 19.8 Å². The maximum Gasteiger partial charge on any atom is 0.148 e. The average Bonchev–Trinajstić information content (AvgIpc) is 2.26. The Bertz CT molecular complexity index is 330. The van der Waals surface area contributed by atoms with Gasteiger partial charge in [-0.25, -0.2) is 8.42 Å². The van der Waals surface area contributed by atoms with Crippen molar-refractivity contribution in [3.8, 4) is 0 Å². The number of nitrogens with zero attached hydrogens (tertiary/aromatic N) is 1. The molecule has 0 aromatic rings. The summed E-state index contributed by atoms with van der Waals surface area (Å²) in [6.45, 7) is 4.77. The lowest BCUT2D eigenvalue weighted by molar-refractivity contribution is 0.165. The molecular formula is C13H28N2O2S. The van der Waals surface area contributed by atoms with E-state index in [1.165, 1.54) is 31.9 Å². The Kier molecular flexibility index (Phi) is 6.60. The van der Waals surface area contributed by atoms with Gasteiger partial charge in [0.05, 0.1) is 5.75 Å². The van der Waals surface area contributed by atoms with Crippen LogP contribution in [0.3, 0.4) is 0 Å². The van der Waals surface area contributed by atoms with Crippen molar-refractivity contribution in [3.63, 3.8) is 0 Å². The van der Waals surface area contributed by atoms with E-state index in [0.29, 0.717) is 12.6 Å². The Hall–Kier alpha value is -0.130. The molecule has 0 aromatic heterocycles. The van der Waals surface area contributed by atoms with Crippen LogP contribution in [0.5, 0.6) is 0 Å². The summed E-state index contributed by atoms with van der Waals surface area (Å²) < 4.78 is 21.9. The molecule has 5 heteroatoms. The monoisotopic (exact) mass is 276 g/mol. The molecule has 1 aliphatic rings. The fraction of sp³-hybridized carbons (Fsp3) is 1.00. The molecule has 1 rings (SSSR count). The van der Waals surface area contributed by atoms with E-state index >= 15 is 0 Å². The molecule has 0 aromatic carbocycles. The minimum absolute atomic E-state index is 0.233. The molecule has 0 aliphatic heterocycles. The molecule has 2 unspecified atom stereocenters. The third kappa shape index (κ3) is 6.71. The normalized spacial score (nSPS) is 25.6. The zero-order chi connectivity index (χ0) is 13.6. The summed E-state index contributed by atoms with van der Waals surface area (Å²) in [6.07, 6.45) is 6.61. The van der Waals surface area contributed by atoms with Crippen molar-refractivity contribution < 1.29 is 8.42 Å². The van der Waals surface area contributed by atoms with Crippen molar-refractivity contribution >= 4 is 9.84 Å². The second kappa shape index (κ2) is 7.46.